The van der Waals surface area contributed by atoms with Crippen LogP contribution in [0.15, 0.2) is 36.4 Å². The molecule has 2 amide bonds. The molecule has 2 N–H and O–H groups in total. The summed E-state index contributed by atoms with van der Waals surface area (Å²) in [6.45, 7) is 2.96. The lowest BCUT2D eigenvalue weighted by Gasteiger charge is -2.50. The first kappa shape index (κ1) is 20.6. The molecular weight excluding hydrogens is 386 g/mol. The molecule has 6 rings (SSSR count). The summed E-state index contributed by atoms with van der Waals surface area (Å²) in [5.74, 6) is 1.19. The van der Waals surface area contributed by atoms with Crippen molar-refractivity contribution < 1.29 is 4.79 Å². The summed E-state index contributed by atoms with van der Waals surface area (Å²) < 4.78 is 2.08. The highest BCUT2D eigenvalue weighted by Gasteiger charge is 2.41. The van der Waals surface area contributed by atoms with E-state index in [2.05, 4.69) is 57.6 Å². The highest BCUT2D eigenvalue weighted by atomic mass is 16.2. The van der Waals surface area contributed by atoms with Gasteiger partial charge in [-0.15, -0.1) is 0 Å². The molecule has 2 aromatic rings. The van der Waals surface area contributed by atoms with E-state index in [9.17, 15) is 4.79 Å². The number of aryl methyl sites for hydroxylation is 1. The summed E-state index contributed by atoms with van der Waals surface area (Å²) in [5.41, 5.74) is 3.58. The highest BCUT2D eigenvalue weighted by Crippen LogP contribution is 2.42. The minimum absolute atomic E-state index is 0.0187. The van der Waals surface area contributed by atoms with Gasteiger partial charge in [-0.2, -0.15) is 5.10 Å². The topological polar surface area (TPSA) is 62.2 Å². The molecule has 1 unspecified atom stereocenters. The molecule has 4 aliphatic rings. The van der Waals surface area contributed by atoms with Crippen LogP contribution in [0, 0.1) is 5.92 Å². The van der Waals surface area contributed by atoms with Crippen molar-refractivity contribution in [2.75, 3.05) is 19.6 Å². The van der Waals surface area contributed by atoms with Crippen LogP contribution in [0.2, 0.25) is 0 Å². The van der Waals surface area contributed by atoms with Gasteiger partial charge in [0, 0.05) is 49.4 Å². The van der Waals surface area contributed by atoms with Crippen LogP contribution in [0.3, 0.4) is 0 Å². The molecule has 6 heteroatoms. The number of carbonyl (C=O) groups excluding carboxylic acids is 1. The molecule has 4 heterocycles. The first-order valence-corrected chi connectivity index (χ1v) is 12.0. The van der Waals surface area contributed by atoms with Gasteiger partial charge in [0.1, 0.15) is 0 Å². The molecule has 31 heavy (non-hydrogen) atoms. The summed E-state index contributed by atoms with van der Waals surface area (Å²) in [5, 5.41) is 11.2. The number of nitrogens with zero attached hydrogens (tertiary/aromatic N) is 3. The highest BCUT2D eigenvalue weighted by molar-refractivity contribution is 5.74. The van der Waals surface area contributed by atoms with E-state index in [0.29, 0.717) is 23.9 Å². The van der Waals surface area contributed by atoms with Crippen molar-refractivity contribution >= 4 is 6.03 Å². The number of nitrogens with one attached hydrogen (secondary N) is 2. The van der Waals surface area contributed by atoms with E-state index in [4.69, 9.17) is 5.10 Å². The van der Waals surface area contributed by atoms with E-state index in [1.165, 1.54) is 36.9 Å². The molecule has 3 saturated heterocycles. The minimum Gasteiger partial charge on any atom is -0.337 e. The van der Waals surface area contributed by atoms with Crippen molar-refractivity contribution in [3.8, 4) is 11.3 Å². The van der Waals surface area contributed by atoms with Crippen LogP contribution < -0.4 is 10.6 Å². The summed E-state index contributed by atoms with van der Waals surface area (Å²) in [6.07, 6.45) is 8.43. The van der Waals surface area contributed by atoms with Gasteiger partial charge in [0.25, 0.3) is 0 Å². The molecule has 166 valence electrons. The molecule has 1 saturated carbocycles. The second kappa shape index (κ2) is 9.03. The number of fused-ring (bicyclic) bond motifs is 3. The number of hydrogen-bond acceptors (Lipinski definition) is 3. The molecule has 0 spiro atoms. The lowest BCUT2D eigenvalue weighted by Crippen LogP contribution is -2.57. The number of hydrogen-bond donors (Lipinski definition) is 2. The molecule has 3 aliphatic heterocycles. The quantitative estimate of drug-likeness (QED) is 0.770. The van der Waals surface area contributed by atoms with Gasteiger partial charge in [-0.1, -0.05) is 49.6 Å². The summed E-state index contributed by atoms with van der Waals surface area (Å²) in [6, 6.07) is 13.6. The third-order valence-electron chi connectivity index (χ3n) is 7.68. The Bertz CT molecular complexity index is 889. The normalized spacial score (nSPS) is 28.4. The molecule has 6 nitrogen and oxygen atoms in total. The van der Waals surface area contributed by atoms with Gasteiger partial charge < -0.3 is 10.6 Å². The molecular formula is C25H35N5O. The third kappa shape index (κ3) is 4.49. The van der Waals surface area contributed by atoms with Crippen molar-refractivity contribution in [2.45, 2.75) is 62.9 Å². The lowest BCUT2D eigenvalue weighted by molar-refractivity contribution is 0.0294. The van der Waals surface area contributed by atoms with Gasteiger partial charge in [-0.05, 0) is 44.2 Å². The second-order valence-electron chi connectivity index (χ2n) is 9.67. The molecule has 4 fully saturated rings. The average Bonchev–Trinajstić information content (AvgIpc) is 3.21. The first-order chi connectivity index (χ1) is 15.2. The van der Waals surface area contributed by atoms with Crippen LogP contribution >= 0.6 is 0 Å². The van der Waals surface area contributed by atoms with E-state index in [0.717, 1.165) is 44.6 Å². The van der Waals surface area contributed by atoms with E-state index in [1.807, 2.05) is 6.07 Å². The fourth-order valence-electron chi connectivity index (χ4n) is 5.96. The summed E-state index contributed by atoms with van der Waals surface area (Å²) in [4.78, 5) is 15.0. The monoisotopic (exact) mass is 421 g/mol. The van der Waals surface area contributed by atoms with E-state index < -0.39 is 0 Å². The van der Waals surface area contributed by atoms with Crippen molar-refractivity contribution in [3.05, 3.63) is 42.1 Å². The van der Waals surface area contributed by atoms with Crippen molar-refractivity contribution in [3.63, 3.8) is 0 Å². The fraction of sp³-hybridized carbons (Fsp3) is 0.600. The smallest absolute Gasteiger partial charge is 0.315 e. The Morgan fingerprint density at radius 2 is 1.94 bits per heavy atom. The molecule has 1 aromatic carbocycles. The molecule has 1 aromatic heterocycles. The zero-order valence-electron chi connectivity index (χ0n) is 18.6. The van der Waals surface area contributed by atoms with Gasteiger partial charge in [0.05, 0.1) is 5.69 Å². The SMILES string of the molecule is Cn1nc(-c2ccccc2)cc1[C@H]1CN2CC[C@H]1C[C@@H]2CNC(=O)NC1CCCCC1. The third-order valence-corrected chi connectivity index (χ3v) is 7.68. The Morgan fingerprint density at radius 1 is 1.13 bits per heavy atom. The zero-order chi connectivity index (χ0) is 21.2. The van der Waals surface area contributed by atoms with Gasteiger partial charge in [0.15, 0.2) is 0 Å². The number of piperidine rings is 3. The maximum Gasteiger partial charge on any atom is 0.315 e. The van der Waals surface area contributed by atoms with Gasteiger partial charge >= 0.3 is 6.03 Å². The van der Waals surface area contributed by atoms with Crippen LogP contribution in [0.4, 0.5) is 4.79 Å². The van der Waals surface area contributed by atoms with Crippen LogP contribution in [-0.2, 0) is 7.05 Å². The molecule has 4 atom stereocenters. The Balaban J connectivity index is 1.19. The first-order valence-electron chi connectivity index (χ1n) is 12.0. The van der Waals surface area contributed by atoms with Gasteiger partial charge in [0.2, 0.25) is 0 Å². The van der Waals surface area contributed by atoms with Crippen LogP contribution in [-0.4, -0.2) is 52.4 Å². The number of aromatic nitrogens is 2. The maximum atomic E-state index is 12.4. The Morgan fingerprint density at radius 3 is 2.68 bits per heavy atom. The average molecular weight is 422 g/mol. The zero-order valence-corrected chi connectivity index (χ0v) is 18.6. The van der Waals surface area contributed by atoms with E-state index in [-0.39, 0.29) is 6.03 Å². The van der Waals surface area contributed by atoms with Crippen molar-refractivity contribution in [1.29, 1.82) is 0 Å². The Hall–Kier alpha value is -2.34. The Labute approximate surface area is 185 Å². The number of benzene rings is 1. The number of urea groups is 1. The molecule has 2 bridgehead atoms. The lowest BCUT2D eigenvalue weighted by atomic mass is 9.74. The minimum atomic E-state index is 0.0187. The Kier molecular flexibility index (Phi) is 5.99. The van der Waals surface area contributed by atoms with Gasteiger partial charge in [-0.25, -0.2) is 4.79 Å². The van der Waals surface area contributed by atoms with E-state index in [1.54, 1.807) is 0 Å². The van der Waals surface area contributed by atoms with Crippen molar-refractivity contribution in [1.82, 2.24) is 25.3 Å². The number of rotatable bonds is 5. The second-order valence-corrected chi connectivity index (χ2v) is 9.67. The van der Waals surface area contributed by atoms with Crippen LogP contribution in [0.1, 0.15) is 56.6 Å². The predicted molar refractivity (Wildman–Crippen MR) is 123 cm³/mol. The summed E-state index contributed by atoms with van der Waals surface area (Å²) in [7, 11) is 2.08. The summed E-state index contributed by atoms with van der Waals surface area (Å²) >= 11 is 0. The maximum absolute atomic E-state index is 12.4. The number of amides is 2. The standard InChI is InChI=1S/C25H35N5O/c1-29-24(15-23(28-29)18-8-4-2-5-9-18)22-17-30-13-12-19(22)14-21(30)16-26-25(31)27-20-10-6-3-7-11-20/h2,4-5,8-9,15,19-22H,3,6-7,10-14,16-17H2,1H3,(H2,26,27,31)/t19-,21+,22-/m0/s1. The molecule has 1 aliphatic carbocycles. The largest absolute Gasteiger partial charge is 0.337 e. The van der Waals surface area contributed by atoms with Crippen LogP contribution in [0.25, 0.3) is 11.3 Å². The van der Waals surface area contributed by atoms with Crippen molar-refractivity contribution in [2.24, 2.45) is 13.0 Å². The predicted octanol–water partition coefficient (Wildman–Crippen LogP) is 3.90. The fourth-order valence-corrected chi connectivity index (χ4v) is 5.96. The molecule has 0 radical (unpaired) electrons. The van der Waals surface area contributed by atoms with Gasteiger partial charge in [-0.3, -0.25) is 9.58 Å². The van der Waals surface area contributed by atoms with Crippen LogP contribution in [0.5, 0.6) is 0 Å². The van der Waals surface area contributed by atoms with E-state index >= 15 is 0 Å². The number of carbonyl (C=O) groups is 1.